The zero-order valence-electron chi connectivity index (χ0n) is 11.3. The van der Waals surface area contributed by atoms with Crippen molar-refractivity contribution >= 4 is 5.65 Å². The predicted molar refractivity (Wildman–Crippen MR) is 74.5 cm³/mol. The molecule has 3 rings (SSSR count). The van der Waals surface area contributed by atoms with Crippen molar-refractivity contribution in [3.05, 3.63) is 30.2 Å². The Kier molecular flexibility index (Phi) is 3.40. The summed E-state index contributed by atoms with van der Waals surface area (Å²) in [6, 6.07) is 3.52. The third-order valence-corrected chi connectivity index (χ3v) is 3.77. The Morgan fingerprint density at radius 2 is 1.95 bits per heavy atom. The van der Waals surface area contributed by atoms with Gasteiger partial charge in [-0.15, -0.1) is 0 Å². The fourth-order valence-electron chi connectivity index (χ4n) is 2.50. The van der Waals surface area contributed by atoms with Gasteiger partial charge in [-0.3, -0.25) is 0 Å². The van der Waals surface area contributed by atoms with Crippen LogP contribution in [0.25, 0.3) is 5.65 Å². The van der Waals surface area contributed by atoms with Gasteiger partial charge in [-0.25, -0.2) is 4.98 Å². The van der Waals surface area contributed by atoms with Gasteiger partial charge in [-0.2, -0.15) is 0 Å². The number of likely N-dealkylation sites (N-methyl/N-ethyl adjacent to an activating group) is 1. The van der Waals surface area contributed by atoms with Crippen molar-refractivity contribution < 1.29 is 5.11 Å². The number of hydrogen-bond acceptors (Lipinski definition) is 4. The minimum Gasteiger partial charge on any atom is -0.506 e. The zero-order valence-corrected chi connectivity index (χ0v) is 11.3. The van der Waals surface area contributed by atoms with Gasteiger partial charge in [0.25, 0.3) is 0 Å². The number of hydrogen-bond donors (Lipinski definition) is 1. The van der Waals surface area contributed by atoms with Gasteiger partial charge in [0.05, 0.1) is 11.9 Å². The van der Waals surface area contributed by atoms with Crippen molar-refractivity contribution in [1.29, 1.82) is 0 Å². The molecule has 0 aromatic carbocycles. The van der Waals surface area contributed by atoms with Crippen molar-refractivity contribution in [3.8, 4) is 5.75 Å². The highest BCUT2D eigenvalue weighted by molar-refractivity contribution is 5.42. The molecule has 1 aliphatic heterocycles. The second-order valence-electron chi connectivity index (χ2n) is 5.28. The quantitative estimate of drug-likeness (QED) is 0.888. The topological polar surface area (TPSA) is 44.0 Å². The van der Waals surface area contributed by atoms with Gasteiger partial charge >= 0.3 is 0 Å². The predicted octanol–water partition coefficient (Wildman–Crippen LogP) is 0.830. The van der Waals surface area contributed by atoms with Crippen LogP contribution in [0.5, 0.6) is 5.75 Å². The molecular weight excluding hydrogens is 240 g/mol. The number of piperazine rings is 1. The first-order valence-electron chi connectivity index (χ1n) is 6.78. The molecule has 0 spiro atoms. The average Bonchev–Trinajstić information content (AvgIpc) is 2.80. The van der Waals surface area contributed by atoms with E-state index in [0.29, 0.717) is 0 Å². The van der Waals surface area contributed by atoms with Crippen LogP contribution in [0.3, 0.4) is 0 Å². The molecule has 102 valence electrons. The number of fused-ring (bicyclic) bond motifs is 1. The number of nitrogens with zero attached hydrogens (tertiary/aromatic N) is 4. The van der Waals surface area contributed by atoms with Gasteiger partial charge in [-0.05, 0) is 19.2 Å². The van der Waals surface area contributed by atoms with E-state index in [1.807, 2.05) is 16.7 Å². The van der Waals surface area contributed by atoms with Crippen LogP contribution in [0, 0.1) is 0 Å². The van der Waals surface area contributed by atoms with Crippen LogP contribution in [0.15, 0.2) is 24.5 Å². The molecule has 0 aliphatic carbocycles. The van der Waals surface area contributed by atoms with Crippen LogP contribution in [0.4, 0.5) is 0 Å². The molecule has 2 aromatic rings. The minimum absolute atomic E-state index is 0.274. The summed E-state index contributed by atoms with van der Waals surface area (Å²) in [5.74, 6) is 0.274. The van der Waals surface area contributed by atoms with Gasteiger partial charge in [0.2, 0.25) is 0 Å². The van der Waals surface area contributed by atoms with E-state index in [1.165, 1.54) is 0 Å². The summed E-state index contributed by atoms with van der Waals surface area (Å²) in [6.07, 6.45) is 4.67. The first-order chi connectivity index (χ1) is 9.20. The minimum atomic E-state index is 0.274. The lowest BCUT2D eigenvalue weighted by Crippen LogP contribution is -2.45. The highest BCUT2D eigenvalue weighted by atomic mass is 16.3. The maximum atomic E-state index is 9.44. The summed E-state index contributed by atoms with van der Waals surface area (Å²) in [7, 11) is 2.17. The Hall–Kier alpha value is -1.59. The third-order valence-electron chi connectivity index (χ3n) is 3.77. The van der Waals surface area contributed by atoms with Crippen LogP contribution in [-0.2, 0) is 6.42 Å². The Balaban J connectivity index is 1.62. The summed E-state index contributed by atoms with van der Waals surface area (Å²) in [6.45, 7) is 5.65. The molecule has 19 heavy (non-hydrogen) atoms. The number of aromatic hydroxyl groups is 1. The molecule has 3 heterocycles. The summed E-state index contributed by atoms with van der Waals surface area (Å²) in [5.41, 5.74) is 1.98. The molecule has 1 N–H and O–H groups in total. The van der Waals surface area contributed by atoms with E-state index >= 15 is 0 Å². The molecule has 1 fully saturated rings. The smallest absolute Gasteiger partial charge is 0.137 e. The number of pyridine rings is 1. The fourth-order valence-corrected chi connectivity index (χ4v) is 2.50. The molecule has 0 amide bonds. The molecule has 0 saturated carbocycles. The van der Waals surface area contributed by atoms with Crippen LogP contribution < -0.4 is 0 Å². The van der Waals surface area contributed by atoms with E-state index in [-0.39, 0.29) is 5.75 Å². The SMILES string of the molecule is CN1CCN(CCc2cn3cc(O)ccc3n2)CC1. The Labute approximate surface area is 113 Å². The van der Waals surface area contributed by atoms with Gasteiger partial charge in [0.15, 0.2) is 0 Å². The number of rotatable bonds is 3. The molecule has 5 nitrogen and oxygen atoms in total. The van der Waals surface area contributed by atoms with Gasteiger partial charge in [0.1, 0.15) is 11.4 Å². The van der Waals surface area contributed by atoms with Crippen molar-refractivity contribution in [2.45, 2.75) is 6.42 Å². The van der Waals surface area contributed by atoms with Gasteiger partial charge in [-0.1, -0.05) is 0 Å². The van der Waals surface area contributed by atoms with E-state index in [9.17, 15) is 5.11 Å². The van der Waals surface area contributed by atoms with E-state index in [0.717, 1.165) is 50.5 Å². The van der Waals surface area contributed by atoms with Crippen molar-refractivity contribution in [1.82, 2.24) is 19.2 Å². The molecule has 0 bridgehead atoms. The Bertz CT molecular complexity index is 558. The summed E-state index contributed by atoms with van der Waals surface area (Å²) < 4.78 is 1.88. The molecule has 1 aliphatic rings. The highest BCUT2D eigenvalue weighted by Gasteiger charge is 2.13. The van der Waals surface area contributed by atoms with Crippen molar-refractivity contribution in [2.24, 2.45) is 0 Å². The summed E-state index contributed by atoms with van der Waals surface area (Å²) in [5, 5.41) is 9.44. The first kappa shape index (κ1) is 12.4. The summed E-state index contributed by atoms with van der Waals surface area (Å²) >= 11 is 0. The van der Waals surface area contributed by atoms with Crippen LogP contribution in [0.1, 0.15) is 5.69 Å². The zero-order chi connectivity index (χ0) is 13.2. The lowest BCUT2D eigenvalue weighted by Gasteiger charge is -2.32. The maximum absolute atomic E-state index is 9.44. The molecule has 0 radical (unpaired) electrons. The fraction of sp³-hybridized carbons (Fsp3) is 0.500. The van der Waals surface area contributed by atoms with Crippen LogP contribution in [-0.4, -0.2) is 64.1 Å². The average molecular weight is 260 g/mol. The Morgan fingerprint density at radius 1 is 1.16 bits per heavy atom. The first-order valence-corrected chi connectivity index (χ1v) is 6.78. The normalized spacial score (nSPS) is 18.2. The van der Waals surface area contributed by atoms with Gasteiger partial charge in [0, 0.05) is 45.3 Å². The molecule has 0 unspecified atom stereocenters. The molecule has 5 heteroatoms. The van der Waals surface area contributed by atoms with E-state index < -0.39 is 0 Å². The molecule has 0 atom stereocenters. The monoisotopic (exact) mass is 260 g/mol. The number of aromatic nitrogens is 2. The van der Waals surface area contributed by atoms with Crippen molar-refractivity contribution in [3.63, 3.8) is 0 Å². The van der Waals surface area contributed by atoms with Gasteiger partial charge < -0.3 is 19.3 Å². The molecular formula is C14H20N4O. The largest absolute Gasteiger partial charge is 0.506 e. The van der Waals surface area contributed by atoms with Crippen molar-refractivity contribution in [2.75, 3.05) is 39.8 Å². The lowest BCUT2D eigenvalue weighted by molar-refractivity contribution is 0.155. The van der Waals surface area contributed by atoms with E-state index in [4.69, 9.17) is 0 Å². The van der Waals surface area contributed by atoms with E-state index in [1.54, 1.807) is 12.3 Å². The second-order valence-corrected chi connectivity index (χ2v) is 5.28. The Morgan fingerprint density at radius 3 is 2.74 bits per heavy atom. The second kappa shape index (κ2) is 5.19. The molecule has 1 saturated heterocycles. The maximum Gasteiger partial charge on any atom is 0.137 e. The van der Waals surface area contributed by atoms with Crippen LogP contribution in [0.2, 0.25) is 0 Å². The van der Waals surface area contributed by atoms with Crippen LogP contribution >= 0.6 is 0 Å². The highest BCUT2D eigenvalue weighted by Crippen LogP contribution is 2.12. The molecule has 2 aromatic heterocycles. The summed E-state index contributed by atoms with van der Waals surface area (Å²) in [4.78, 5) is 9.42. The van der Waals surface area contributed by atoms with E-state index in [2.05, 4.69) is 21.8 Å². The lowest BCUT2D eigenvalue weighted by atomic mass is 10.2. The number of imidazole rings is 1. The third kappa shape index (κ3) is 2.88. The standard InChI is InChI=1S/C14H20N4O/c1-16-6-8-17(9-7-16)5-4-12-10-18-11-13(19)2-3-14(18)15-12/h2-3,10-11,19H,4-9H2,1H3.